The highest BCUT2D eigenvalue weighted by Gasteiger charge is 2.16. The zero-order chi connectivity index (χ0) is 15.2. The van der Waals surface area contributed by atoms with Gasteiger partial charge in [0.1, 0.15) is 18.5 Å². The smallest absolute Gasteiger partial charge is 0.119 e. The summed E-state index contributed by atoms with van der Waals surface area (Å²) in [6.45, 7) is 7.47. The summed E-state index contributed by atoms with van der Waals surface area (Å²) in [5.74, 6) is 1.37. The van der Waals surface area contributed by atoms with Gasteiger partial charge in [0.15, 0.2) is 0 Å². The molecule has 0 radical (unpaired) electrons. The van der Waals surface area contributed by atoms with Crippen molar-refractivity contribution >= 4 is 0 Å². The van der Waals surface area contributed by atoms with Crippen LogP contribution in [-0.2, 0) is 0 Å². The molecule has 1 saturated carbocycles. The number of aryl methyl sites for hydroxylation is 1. The molecule has 2 N–H and O–H groups in total. The van der Waals surface area contributed by atoms with Crippen LogP contribution in [0.5, 0.6) is 5.75 Å². The number of aliphatic hydroxyl groups is 1. The number of benzene rings is 1. The number of hydrogen-bond acceptors (Lipinski definition) is 3. The maximum Gasteiger partial charge on any atom is 0.119 e. The predicted molar refractivity (Wildman–Crippen MR) is 87.0 cm³/mol. The molecule has 1 aliphatic rings. The van der Waals surface area contributed by atoms with E-state index in [1.54, 1.807) is 0 Å². The van der Waals surface area contributed by atoms with Crippen LogP contribution >= 0.6 is 0 Å². The average molecular weight is 291 g/mol. The van der Waals surface area contributed by atoms with E-state index in [9.17, 15) is 5.11 Å². The first-order valence-corrected chi connectivity index (χ1v) is 8.21. The van der Waals surface area contributed by atoms with Crippen molar-refractivity contribution in [3.05, 3.63) is 29.3 Å². The quantitative estimate of drug-likeness (QED) is 0.809. The molecule has 1 aromatic carbocycles. The highest BCUT2D eigenvalue weighted by Crippen LogP contribution is 2.23. The van der Waals surface area contributed by atoms with E-state index in [1.165, 1.54) is 36.8 Å². The fourth-order valence-electron chi connectivity index (χ4n) is 3.07. The highest BCUT2D eigenvalue weighted by atomic mass is 16.5. The molecule has 2 rings (SSSR count). The lowest BCUT2D eigenvalue weighted by molar-refractivity contribution is 0.104. The van der Waals surface area contributed by atoms with Gasteiger partial charge in [-0.15, -0.1) is 0 Å². The molecule has 21 heavy (non-hydrogen) atoms. The van der Waals surface area contributed by atoms with E-state index in [4.69, 9.17) is 4.74 Å². The molecule has 0 amide bonds. The summed E-state index contributed by atoms with van der Waals surface area (Å²) in [5, 5.41) is 13.4. The molecule has 0 unspecified atom stereocenters. The van der Waals surface area contributed by atoms with Crippen LogP contribution in [0.4, 0.5) is 0 Å². The molecule has 1 atom stereocenters. The van der Waals surface area contributed by atoms with Gasteiger partial charge >= 0.3 is 0 Å². The molecular weight excluding hydrogens is 262 g/mol. The molecule has 3 nitrogen and oxygen atoms in total. The van der Waals surface area contributed by atoms with Gasteiger partial charge in [-0.1, -0.05) is 32.8 Å². The minimum Gasteiger partial charge on any atom is -0.491 e. The number of ether oxygens (including phenoxy) is 1. The summed E-state index contributed by atoms with van der Waals surface area (Å²) >= 11 is 0. The van der Waals surface area contributed by atoms with Crippen molar-refractivity contribution in [2.24, 2.45) is 0 Å². The Hall–Kier alpha value is -1.06. The standard InChI is InChI=1S/C18H29NO2/c1-13(2)18-9-8-17(10-14(18)3)21-12-16(20)11-19-15-6-4-5-7-15/h8-10,13,15-16,19-20H,4-7,11-12H2,1-3H3/t16-/m1/s1. The Morgan fingerprint density at radius 1 is 1.29 bits per heavy atom. The Balaban J connectivity index is 1.75. The Labute approximate surface area is 128 Å². The van der Waals surface area contributed by atoms with Gasteiger partial charge in [0.2, 0.25) is 0 Å². The monoisotopic (exact) mass is 291 g/mol. The van der Waals surface area contributed by atoms with Gasteiger partial charge in [0, 0.05) is 12.6 Å². The van der Waals surface area contributed by atoms with Crippen molar-refractivity contribution in [2.75, 3.05) is 13.2 Å². The lowest BCUT2D eigenvalue weighted by Gasteiger charge is -2.17. The maximum absolute atomic E-state index is 10.00. The van der Waals surface area contributed by atoms with E-state index in [0.29, 0.717) is 25.1 Å². The predicted octanol–water partition coefficient (Wildman–Crippen LogP) is 3.39. The van der Waals surface area contributed by atoms with Crippen LogP contribution < -0.4 is 10.1 Å². The highest BCUT2D eigenvalue weighted by molar-refractivity contribution is 5.36. The van der Waals surface area contributed by atoms with Crippen molar-refractivity contribution in [3.8, 4) is 5.75 Å². The first kappa shape index (κ1) is 16.3. The van der Waals surface area contributed by atoms with Gasteiger partial charge in [0.25, 0.3) is 0 Å². The van der Waals surface area contributed by atoms with E-state index >= 15 is 0 Å². The molecule has 1 aliphatic carbocycles. The second-order valence-corrected chi connectivity index (χ2v) is 6.53. The Morgan fingerprint density at radius 3 is 2.62 bits per heavy atom. The lowest BCUT2D eigenvalue weighted by Crippen LogP contribution is -2.36. The number of rotatable bonds is 7. The molecule has 1 aromatic rings. The van der Waals surface area contributed by atoms with Crippen molar-refractivity contribution in [2.45, 2.75) is 64.5 Å². The van der Waals surface area contributed by atoms with Gasteiger partial charge in [0.05, 0.1) is 0 Å². The van der Waals surface area contributed by atoms with E-state index < -0.39 is 6.10 Å². The Kier molecular flexibility index (Phi) is 6.07. The summed E-state index contributed by atoms with van der Waals surface area (Å²) in [4.78, 5) is 0. The third-order valence-electron chi connectivity index (χ3n) is 4.30. The summed E-state index contributed by atoms with van der Waals surface area (Å²) in [5.41, 5.74) is 2.60. The van der Waals surface area contributed by atoms with Crippen LogP contribution in [0, 0.1) is 6.92 Å². The number of hydrogen-bond donors (Lipinski definition) is 2. The van der Waals surface area contributed by atoms with Gasteiger partial charge in [-0.25, -0.2) is 0 Å². The molecule has 0 saturated heterocycles. The Morgan fingerprint density at radius 2 is 2.00 bits per heavy atom. The van der Waals surface area contributed by atoms with Crippen LogP contribution in [-0.4, -0.2) is 30.4 Å². The summed E-state index contributed by atoms with van der Waals surface area (Å²) in [6.07, 6.45) is 4.65. The minimum absolute atomic E-state index is 0.347. The van der Waals surface area contributed by atoms with Crippen LogP contribution in [0.25, 0.3) is 0 Å². The summed E-state index contributed by atoms with van der Waals surface area (Å²) < 4.78 is 5.71. The number of aliphatic hydroxyl groups excluding tert-OH is 1. The van der Waals surface area contributed by atoms with Crippen LogP contribution in [0.15, 0.2) is 18.2 Å². The molecular formula is C18H29NO2. The second kappa shape index (κ2) is 7.81. The van der Waals surface area contributed by atoms with Gasteiger partial charge in [-0.05, 0) is 48.9 Å². The van der Waals surface area contributed by atoms with E-state index in [0.717, 1.165) is 5.75 Å². The minimum atomic E-state index is -0.448. The summed E-state index contributed by atoms with van der Waals surface area (Å²) in [7, 11) is 0. The molecule has 1 fully saturated rings. The molecule has 0 aliphatic heterocycles. The van der Waals surface area contributed by atoms with Crippen molar-refractivity contribution in [1.29, 1.82) is 0 Å². The van der Waals surface area contributed by atoms with Crippen LogP contribution in [0.2, 0.25) is 0 Å². The summed E-state index contributed by atoms with van der Waals surface area (Å²) in [6, 6.07) is 6.77. The molecule has 0 bridgehead atoms. The largest absolute Gasteiger partial charge is 0.491 e. The molecule has 118 valence electrons. The SMILES string of the molecule is Cc1cc(OC[C@H](O)CNC2CCCC2)ccc1C(C)C. The van der Waals surface area contributed by atoms with Crippen molar-refractivity contribution in [3.63, 3.8) is 0 Å². The van der Waals surface area contributed by atoms with Crippen molar-refractivity contribution < 1.29 is 9.84 Å². The fourth-order valence-corrected chi connectivity index (χ4v) is 3.07. The zero-order valence-corrected chi connectivity index (χ0v) is 13.6. The van der Waals surface area contributed by atoms with Crippen LogP contribution in [0.1, 0.15) is 56.6 Å². The second-order valence-electron chi connectivity index (χ2n) is 6.53. The first-order chi connectivity index (χ1) is 10.1. The maximum atomic E-state index is 10.00. The molecule has 3 heteroatoms. The third-order valence-corrected chi connectivity index (χ3v) is 4.30. The Bertz CT molecular complexity index is 439. The first-order valence-electron chi connectivity index (χ1n) is 8.21. The topological polar surface area (TPSA) is 41.5 Å². The molecule has 0 aromatic heterocycles. The molecule has 0 spiro atoms. The normalized spacial score (nSPS) is 17.4. The van der Waals surface area contributed by atoms with Gasteiger partial charge in [-0.3, -0.25) is 0 Å². The lowest BCUT2D eigenvalue weighted by atomic mass is 9.98. The van der Waals surface area contributed by atoms with E-state index in [1.807, 2.05) is 6.07 Å². The zero-order valence-electron chi connectivity index (χ0n) is 13.6. The fraction of sp³-hybridized carbons (Fsp3) is 0.667. The molecule has 0 heterocycles. The average Bonchev–Trinajstić information content (AvgIpc) is 2.95. The van der Waals surface area contributed by atoms with Gasteiger partial charge < -0.3 is 15.2 Å². The van der Waals surface area contributed by atoms with Gasteiger partial charge in [-0.2, -0.15) is 0 Å². The number of nitrogens with one attached hydrogen (secondary N) is 1. The van der Waals surface area contributed by atoms with E-state index in [-0.39, 0.29) is 0 Å². The van der Waals surface area contributed by atoms with Crippen molar-refractivity contribution in [1.82, 2.24) is 5.32 Å². The third kappa shape index (κ3) is 5.01. The van der Waals surface area contributed by atoms with E-state index in [2.05, 4.69) is 38.2 Å². The van der Waals surface area contributed by atoms with Crippen LogP contribution in [0.3, 0.4) is 0 Å².